The molecule has 0 amide bonds. The summed E-state index contributed by atoms with van der Waals surface area (Å²) in [5, 5.41) is 9.72. The molecule has 1 aromatic carbocycles. The van der Waals surface area contributed by atoms with Gasteiger partial charge in [0.05, 0.1) is 6.10 Å². The molecular formula is C15H11F9O3. The third-order valence-corrected chi connectivity index (χ3v) is 4.18. The fourth-order valence-corrected chi connectivity index (χ4v) is 2.65. The molecule has 0 aromatic heterocycles. The van der Waals surface area contributed by atoms with Crippen molar-refractivity contribution >= 4 is 5.97 Å². The second-order valence-corrected chi connectivity index (χ2v) is 5.98. The van der Waals surface area contributed by atoms with Crippen LogP contribution < -0.4 is 4.74 Å². The average Bonchev–Trinajstić information content (AvgIpc) is 2.57. The summed E-state index contributed by atoms with van der Waals surface area (Å²) in [7, 11) is 0. The van der Waals surface area contributed by atoms with Gasteiger partial charge in [0.15, 0.2) is 0 Å². The first-order valence-corrected chi connectivity index (χ1v) is 7.19. The first-order chi connectivity index (χ1) is 12.0. The number of hydrogen-bond donors (Lipinski definition) is 1. The zero-order valence-corrected chi connectivity index (χ0v) is 13.3. The first kappa shape index (κ1) is 21.3. The topological polar surface area (TPSA) is 46.5 Å². The van der Waals surface area contributed by atoms with E-state index in [9.17, 15) is 49.4 Å². The Morgan fingerprint density at radius 2 is 1.30 bits per heavy atom. The highest BCUT2D eigenvalue weighted by Crippen LogP contribution is 2.70. The summed E-state index contributed by atoms with van der Waals surface area (Å²) >= 11 is 0. The lowest BCUT2D eigenvalue weighted by molar-refractivity contribution is -0.303. The van der Waals surface area contributed by atoms with E-state index in [1.807, 2.05) is 0 Å². The van der Waals surface area contributed by atoms with Crippen molar-refractivity contribution in [1.82, 2.24) is 0 Å². The van der Waals surface area contributed by atoms with Crippen molar-refractivity contribution in [2.45, 2.75) is 48.8 Å². The monoisotopic (exact) mass is 410 g/mol. The number of benzene rings is 1. The number of ether oxygens (including phenoxy) is 1. The van der Waals surface area contributed by atoms with Crippen LogP contribution in [-0.4, -0.2) is 40.4 Å². The van der Waals surface area contributed by atoms with E-state index in [0.717, 1.165) is 31.2 Å². The number of alkyl halides is 9. The Bertz CT molecular complexity index is 705. The minimum Gasteiger partial charge on any atom is -0.427 e. The zero-order chi connectivity index (χ0) is 21.1. The van der Waals surface area contributed by atoms with Crippen molar-refractivity contribution in [2.24, 2.45) is 0 Å². The minimum atomic E-state index is -6.68. The molecule has 1 saturated carbocycles. The van der Waals surface area contributed by atoms with Crippen molar-refractivity contribution in [3.8, 4) is 5.75 Å². The quantitative estimate of drug-likeness (QED) is 0.458. The Balaban J connectivity index is 2.38. The van der Waals surface area contributed by atoms with Gasteiger partial charge in [0.2, 0.25) is 0 Å². The molecule has 1 atom stereocenters. The Kier molecular flexibility index (Phi) is 4.75. The normalized spacial score (nSPS) is 25.0. The molecule has 1 N–H and O–H groups in total. The molecule has 0 saturated heterocycles. The molecule has 3 nitrogen and oxygen atoms in total. The Labute approximate surface area is 145 Å². The lowest BCUT2D eigenvalue weighted by Gasteiger charge is -2.32. The molecule has 0 bridgehead atoms. The fraction of sp³-hybridized carbons (Fsp3) is 0.533. The van der Waals surface area contributed by atoms with Crippen LogP contribution in [0.2, 0.25) is 0 Å². The van der Waals surface area contributed by atoms with Crippen LogP contribution in [0.15, 0.2) is 24.3 Å². The summed E-state index contributed by atoms with van der Waals surface area (Å²) in [5.41, 5.74) is -6.27. The van der Waals surface area contributed by atoms with Crippen LogP contribution >= 0.6 is 0 Å². The van der Waals surface area contributed by atoms with Gasteiger partial charge < -0.3 is 9.84 Å². The average molecular weight is 410 g/mol. The number of halogens is 9. The summed E-state index contributed by atoms with van der Waals surface area (Å²) in [6.45, 7) is 1.03. The summed E-state index contributed by atoms with van der Waals surface area (Å²) in [4.78, 5) is 10.7. The molecule has 12 heteroatoms. The van der Waals surface area contributed by atoms with Crippen LogP contribution in [0.5, 0.6) is 5.75 Å². The number of esters is 1. The third kappa shape index (κ3) is 2.67. The molecule has 1 aliphatic carbocycles. The summed E-state index contributed by atoms with van der Waals surface area (Å²) in [6, 6.07) is 3.57. The molecule has 1 aliphatic rings. The first-order valence-electron chi connectivity index (χ1n) is 7.19. The number of carbonyl (C=O) groups is 1. The molecule has 0 aliphatic heterocycles. The van der Waals surface area contributed by atoms with Gasteiger partial charge in [-0.1, -0.05) is 12.1 Å². The van der Waals surface area contributed by atoms with Crippen molar-refractivity contribution in [3.63, 3.8) is 0 Å². The van der Waals surface area contributed by atoms with Crippen LogP contribution in [0.3, 0.4) is 0 Å². The SMILES string of the molecule is CC(=O)Oc1ccc(C(O)CC2(F)C(F)(F)C(F)(F)C(F)(F)C2(F)F)cc1. The predicted octanol–water partition coefficient (Wildman–Crippen LogP) is 4.30. The molecule has 1 unspecified atom stereocenters. The van der Waals surface area contributed by atoms with E-state index < -0.39 is 53.4 Å². The van der Waals surface area contributed by atoms with Gasteiger partial charge in [-0.25, -0.2) is 4.39 Å². The summed E-state index contributed by atoms with van der Waals surface area (Å²) < 4.78 is 126. The van der Waals surface area contributed by atoms with Crippen LogP contribution in [0.1, 0.15) is 25.0 Å². The van der Waals surface area contributed by atoms with Gasteiger partial charge in [-0.3, -0.25) is 4.79 Å². The number of rotatable bonds is 4. The van der Waals surface area contributed by atoms with E-state index in [1.54, 1.807) is 0 Å². The van der Waals surface area contributed by atoms with Crippen LogP contribution in [0.4, 0.5) is 39.5 Å². The number of carbonyl (C=O) groups excluding carboxylic acids is 1. The molecule has 2 rings (SSSR count). The van der Waals surface area contributed by atoms with E-state index in [-0.39, 0.29) is 5.75 Å². The molecule has 0 spiro atoms. The highest BCUT2D eigenvalue weighted by Gasteiger charge is 3.00. The molecular weight excluding hydrogens is 399 g/mol. The smallest absolute Gasteiger partial charge is 0.381 e. The van der Waals surface area contributed by atoms with Crippen molar-refractivity contribution in [2.75, 3.05) is 0 Å². The van der Waals surface area contributed by atoms with Crippen molar-refractivity contribution in [3.05, 3.63) is 29.8 Å². The van der Waals surface area contributed by atoms with Gasteiger partial charge in [0, 0.05) is 13.3 Å². The van der Waals surface area contributed by atoms with E-state index in [2.05, 4.69) is 4.74 Å². The van der Waals surface area contributed by atoms with Crippen molar-refractivity contribution < 1.29 is 54.2 Å². The predicted molar refractivity (Wildman–Crippen MR) is 71.0 cm³/mol. The zero-order valence-electron chi connectivity index (χ0n) is 13.3. The number of aliphatic hydroxyl groups excluding tert-OH is 1. The molecule has 0 heterocycles. The van der Waals surface area contributed by atoms with E-state index in [0.29, 0.717) is 0 Å². The standard InChI is InChI=1S/C15H11F9O3/c1-7(25)27-9-4-2-8(3-5-9)10(26)6-11(16)12(17,18)14(21,22)15(23,24)13(11,19)20/h2-5,10,26H,6H2,1H3. The molecule has 27 heavy (non-hydrogen) atoms. The van der Waals surface area contributed by atoms with Gasteiger partial charge in [-0.15, -0.1) is 0 Å². The van der Waals surface area contributed by atoms with Gasteiger partial charge in [0.1, 0.15) is 5.75 Å². The number of hydrogen-bond acceptors (Lipinski definition) is 3. The second kappa shape index (κ2) is 6.01. The van der Waals surface area contributed by atoms with Gasteiger partial charge in [0.25, 0.3) is 5.67 Å². The van der Waals surface area contributed by atoms with Crippen LogP contribution in [-0.2, 0) is 4.79 Å². The molecule has 1 fully saturated rings. The Morgan fingerprint density at radius 3 is 1.67 bits per heavy atom. The van der Waals surface area contributed by atoms with Crippen LogP contribution in [0.25, 0.3) is 0 Å². The third-order valence-electron chi connectivity index (χ3n) is 4.18. The highest BCUT2D eigenvalue weighted by atomic mass is 19.4. The van der Waals surface area contributed by atoms with Gasteiger partial charge in [-0.2, -0.15) is 35.1 Å². The Morgan fingerprint density at radius 1 is 0.889 bits per heavy atom. The number of aliphatic hydroxyl groups is 1. The van der Waals surface area contributed by atoms with Crippen LogP contribution in [0, 0.1) is 0 Å². The van der Waals surface area contributed by atoms with E-state index >= 15 is 0 Å². The summed E-state index contributed by atoms with van der Waals surface area (Å²) in [5.74, 6) is -27.2. The highest BCUT2D eigenvalue weighted by molar-refractivity contribution is 5.69. The van der Waals surface area contributed by atoms with Gasteiger partial charge in [-0.05, 0) is 17.7 Å². The van der Waals surface area contributed by atoms with E-state index in [4.69, 9.17) is 0 Å². The molecule has 152 valence electrons. The summed E-state index contributed by atoms with van der Waals surface area (Å²) in [6.07, 6.45) is -5.01. The molecule has 1 aromatic rings. The fourth-order valence-electron chi connectivity index (χ4n) is 2.65. The lowest BCUT2D eigenvalue weighted by Crippen LogP contribution is -2.55. The molecule has 0 radical (unpaired) electrons. The Hall–Kier alpha value is -1.98. The lowest BCUT2D eigenvalue weighted by atomic mass is 9.88. The maximum absolute atomic E-state index is 14.4. The second-order valence-electron chi connectivity index (χ2n) is 5.98. The van der Waals surface area contributed by atoms with Crippen molar-refractivity contribution in [1.29, 1.82) is 0 Å². The largest absolute Gasteiger partial charge is 0.427 e. The van der Waals surface area contributed by atoms with E-state index in [1.165, 1.54) is 0 Å². The minimum absolute atomic E-state index is 0.122. The maximum Gasteiger partial charge on any atom is 0.381 e. The maximum atomic E-state index is 14.4. The van der Waals surface area contributed by atoms with Gasteiger partial charge >= 0.3 is 29.7 Å².